The number of benzene rings is 1. The van der Waals surface area contributed by atoms with Gasteiger partial charge in [0.1, 0.15) is 11.4 Å². The highest BCUT2D eigenvalue weighted by Gasteiger charge is 2.33. The standard InChI is InChI=1S/C14H14F2N2O/c1-8-6-7-18-13(17)11(8)14(2,19)9-4-3-5-10(15)12(9)16/h3-7,19H,1-2H3,(H2,17,18). The van der Waals surface area contributed by atoms with Crippen LogP contribution in [0.2, 0.25) is 0 Å². The minimum Gasteiger partial charge on any atom is -0.383 e. The summed E-state index contributed by atoms with van der Waals surface area (Å²) >= 11 is 0. The van der Waals surface area contributed by atoms with Crippen LogP contribution in [0.3, 0.4) is 0 Å². The van der Waals surface area contributed by atoms with E-state index in [0.717, 1.165) is 6.07 Å². The summed E-state index contributed by atoms with van der Waals surface area (Å²) in [6, 6.07) is 5.31. The van der Waals surface area contributed by atoms with E-state index in [1.165, 1.54) is 25.3 Å². The van der Waals surface area contributed by atoms with Crippen molar-refractivity contribution in [2.24, 2.45) is 0 Å². The number of pyridine rings is 1. The third-order valence-electron chi connectivity index (χ3n) is 3.15. The third kappa shape index (κ3) is 2.17. The number of nitrogens with two attached hydrogens (primary N) is 1. The predicted octanol–water partition coefficient (Wildman–Crippen LogP) is 2.51. The molecule has 1 aromatic heterocycles. The molecule has 0 fully saturated rings. The molecular weight excluding hydrogens is 250 g/mol. The molecular formula is C14H14F2N2O. The van der Waals surface area contributed by atoms with Crippen molar-refractivity contribution in [3.63, 3.8) is 0 Å². The molecule has 0 radical (unpaired) electrons. The second-order valence-corrected chi connectivity index (χ2v) is 4.56. The molecule has 19 heavy (non-hydrogen) atoms. The maximum Gasteiger partial charge on any atom is 0.165 e. The minimum absolute atomic E-state index is 0.0914. The first-order valence-corrected chi connectivity index (χ1v) is 5.74. The molecule has 0 spiro atoms. The van der Waals surface area contributed by atoms with Crippen molar-refractivity contribution in [3.05, 3.63) is 58.8 Å². The monoisotopic (exact) mass is 264 g/mol. The maximum absolute atomic E-state index is 13.9. The topological polar surface area (TPSA) is 59.1 Å². The molecule has 3 N–H and O–H groups in total. The van der Waals surface area contributed by atoms with Crippen LogP contribution in [0.5, 0.6) is 0 Å². The number of hydrogen-bond donors (Lipinski definition) is 2. The number of aryl methyl sites for hydroxylation is 1. The smallest absolute Gasteiger partial charge is 0.165 e. The van der Waals surface area contributed by atoms with Gasteiger partial charge in [-0.25, -0.2) is 13.8 Å². The molecule has 0 amide bonds. The Bertz CT molecular complexity index is 607. The predicted molar refractivity (Wildman–Crippen MR) is 68.4 cm³/mol. The van der Waals surface area contributed by atoms with E-state index in [9.17, 15) is 13.9 Å². The SMILES string of the molecule is Cc1ccnc(N)c1C(C)(O)c1cccc(F)c1F. The number of halogens is 2. The fraction of sp³-hybridized carbons (Fsp3) is 0.214. The van der Waals surface area contributed by atoms with Crippen molar-refractivity contribution in [1.82, 2.24) is 4.98 Å². The lowest BCUT2D eigenvalue weighted by molar-refractivity contribution is 0.0968. The van der Waals surface area contributed by atoms with Crippen LogP contribution in [0.25, 0.3) is 0 Å². The van der Waals surface area contributed by atoms with Crippen LogP contribution in [-0.4, -0.2) is 10.1 Å². The molecule has 3 nitrogen and oxygen atoms in total. The van der Waals surface area contributed by atoms with Gasteiger partial charge >= 0.3 is 0 Å². The third-order valence-corrected chi connectivity index (χ3v) is 3.15. The van der Waals surface area contributed by atoms with Crippen LogP contribution in [0.1, 0.15) is 23.6 Å². The van der Waals surface area contributed by atoms with Gasteiger partial charge in [0.25, 0.3) is 0 Å². The Kier molecular flexibility index (Phi) is 3.24. The molecule has 1 aromatic carbocycles. The van der Waals surface area contributed by atoms with Gasteiger partial charge in [0.05, 0.1) is 0 Å². The average molecular weight is 264 g/mol. The zero-order chi connectivity index (χ0) is 14.2. The van der Waals surface area contributed by atoms with E-state index in [0.29, 0.717) is 5.56 Å². The van der Waals surface area contributed by atoms with E-state index in [1.54, 1.807) is 13.0 Å². The van der Waals surface area contributed by atoms with E-state index in [4.69, 9.17) is 5.73 Å². The molecule has 1 unspecified atom stereocenters. The molecule has 1 atom stereocenters. The summed E-state index contributed by atoms with van der Waals surface area (Å²) in [5, 5.41) is 10.6. The van der Waals surface area contributed by atoms with Crippen LogP contribution >= 0.6 is 0 Å². The molecule has 0 bridgehead atoms. The molecule has 0 saturated carbocycles. The van der Waals surface area contributed by atoms with E-state index >= 15 is 0 Å². The summed E-state index contributed by atoms with van der Waals surface area (Å²) in [6.07, 6.45) is 1.49. The highest BCUT2D eigenvalue weighted by Crippen LogP contribution is 2.35. The van der Waals surface area contributed by atoms with Gasteiger partial charge in [0, 0.05) is 17.3 Å². The van der Waals surface area contributed by atoms with Crippen LogP contribution in [0.15, 0.2) is 30.5 Å². The minimum atomic E-state index is -1.76. The van der Waals surface area contributed by atoms with E-state index in [1.807, 2.05) is 0 Å². The Labute approximate surface area is 109 Å². The number of hydrogen-bond acceptors (Lipinski definition) is 3. The number of rotatable bonds is 2. The van der Waals surface area contributed by atoms with E-state index in [2.05, 4.69) is 4.98 Å². The normalized spacial score (nSPS) is 14.2. The summed E-state index contributed by atoms with van der Waals surface area (Å²) in [4.78, 5) is 3.89. The zero-order valence-corrected chi connectivity index (χ0v) is 10.6. The number of aliphatic hydroxyl groups is 1. The van der Waals surface area contributed by atoms with Crippen molar-refractivity contribution in [1.29, 1.82) is 0 Å². The van der Waals surface area contributed by atoms with Crippen molar-refractivity contribution in [2.45, 2.75) is 19.4 Å². The Morgan fingerprint density at radius 2 is 1.95 bits per heavy atom. The van der Waals surface area contributed by atoms with Gasteiger partial charge in [-0.2, -0.15) is 0 Å². The molecule has 0 saturated heterocycles. The van der Waals surface area contributed by atoms with Gasteiger partial charge in [-0.1, -0.05) is 12.1 Å². The number of aromatic nitrogens is 1. The molecule has 0 aliphatic heterocycles. The second-order valence-electron chi connectivity index (χ2n) is 4.56. The Hall–Kier alpha value is -2.01. The highest BCUT2D eigenvalue weighted by atomic mass is 19.2. The lowest BCUT2D eigenvalue weighted by Crippen LogP contribution is -2.27. The first-order valence-electron chi connectivity index (χ1n) is 5.74. The fourth-order valence-corrected chi connectivity index (χ4v) is 2.23. The van der Waals surface area contributed by atoms with Crippen LogP contribution in [-0.2, 0) is 5.60 Å². The van der Waals surface area contributed by atoms with E-state index < -0.39 is 17.2 Å². The Morgan fingerprint density at radius 3 is 2.58 bits per heavy atom. The van der Waals surface area contributed by atoms with Gasteiger partial charge in [0.15, 0.2) is 11.6 Å². The number of nitrogens with zero attached hydrogens (tertiary/aromatic N) is 1. The van der Waals surface area contributed by atoms with Crippen molar-refractivity contribution >= 4 is 5.82 Å². The molecule has 1 heterocycles. The first kappa shape index (κ1) is 13.4. The van der Waals surface area contributed by atoms with Gasteiger partial charge in [-0.15, -0.1) is 0 Å². The van der Waals surface area contributed by atoms with Gasteiger partial charge < -0.3 is 10.8 Å². The summed E-state index contributed by atoms with van der Waals surface area (Å²) < 4.78 is 27.1. The lowest BCUT2D eigenvalue weighted by Gasteiger charge is -2.27. The molecule has 0 aliphatic rings. The second kappa shape index (κ2) is 4.59. The zero-order valence-electron chi connectivity index (χ0n) is 10.6. The summed E-state index contributed by atoms with van der Waals surface area (Å²) in [5.74, 6) is -2.01. The van der Waals surface area contributed by atoms with E-state index in [-0.39, 0.29) is 16.9 Å². The highest BCUT2D eigenvalue weighted by molar-refractivity contribution is 5.52. The van der Waals surface area contributed by atoms with Crippen molar-refractivity contribution in [2.75, 3.05) is 5.73 Å². The molecule has 100 valence electrons. The number of nitrogen functional groups attached to an aromatic ring is 1. The fourth-order valence-electron chi connectivity index (χ4n) is 2.23. The quantitative estimate of drug-likeness (QED) is 0.876. The number of anilines is 1. The first-order chi connectivity index (χ1) is 8.85. The van der Waals surface area contributed by atoms with Crippen molar-refractivity contribution < 1.29 is 13.9 Å². The molecule has 2 aromatic rings. The average Bonchev–Trinajstić information content (AvgIpc) is 2.32. The van der Waals surface area contributed by atoms with Crippen LogP contribution < -0.4 is 5.73 Å². The summed E-state index contributed by atoms with van der Waals surface area (Å²) in [7, 11) is 0. The maximum atomic E-state index is 13.9. The molecule has 0 aliphatic carbocycles. The van der Waals surface area contributed by atoms with Crippen LogP contribution in [0.4, 0.5) is 14.6 Å². The Balaban J connectivity index is 2.69. The van der Waals surface area contributed by atoms with Gasteiger partial charge in [0.2, 0.25) is 0 Å². The molecule has 2 rings (SSSR count). The largest absolute Gasteiger partial charge is 0.383 e. The van der Waals surface area contributed by atoms with Crippen molar-refractivity contribution in [3.8, 4) is 0 Å². The summed E-state index contributed by atoms with van der Waals surface area (Å²) in [5.41, 5.74) is 4.75. The van der Waals surface area contributed by atoms with Crippen LogP contribution in [0, 0.1) is 18.6 Å². The van der Waals surface area contributed by atoms with Gasteiger partial charge in [-0.3, -0.25) is 0 Å². The summed E-state index contributed by atoms with van der Waals surface area (Å²) in [6.45, 7) is 3.09. The molecule has 5 heteroatoms. The Morgan fingerprint density at radius 1 is 1.26 bits per heavy atom. The van der Waals surface area contributed by atoms with Gasteiger partial charge in [-0.05, 0) is 31.5 Å². The lowest BCUT2D eigenvalue weighted by atomic mass is 9.85.